The number of benzene rings is 1. The largest absolute Gasteiger partial charge is 0.274 e. The van der Waals surface area contributed by atoms with Gasteiger partial charge in [-0.05, 0) is 49.4 Å². The first-order chi connectivity index (χ1) is 9.52. The van der Waals surface area contributed by atoms with Gasteiger partial charge in [-0.2, -0.15) is 0 Å². The van der Waals surface area contributed by atoms with E-state index < -0.39 is 0 Å². The van der Waals surface area contributed by atoms with Crippen molar-refractivity contribution < 1.29 is 9.59 Å². The topological polar surface area (TPSA) is 37.4 Å². The smallest absolute Gasteiger partial charge is 0.237 e. The number of anilines is 1. The first-order valence-electron chi connectivity index (χ1n) is 7.17. The summed E-state index contributed by atoms with van der Waals surface area (Å²) >= 11 is 3.41. The Morgan fingerprint density at radius 3 is 2.30 bits per heavy atom. The fourth-order valence-corrected chi connectivity index (χ4v) is 4.05. The van der Waals surface area contributed by atoms with E-state index in [4.69, 9.17) is 0 Å². The molecule has 2 amide bonds. The van der Waals surface area contributed by atoms with E-state index in [1.807, 2.05) is 25.1 Å². The zero-order valence-corrected chi connectivity index (χ0v) is 13.3. The number of amides is 2. The van der Waals surface area contributed by atoms with Crippen LogP contribution < -0.4 is 4.90 Å². The second-order valence-corrected chi connectivity index (χ2v) is 6.82. The second kappa shape index (κ2) is 4.99. The van der Waals surface area contributed by atoms with Gasteiger partial charge in [-0.3, -0.25) is 9.59 Å². The molecule has 1 aliphatic heterocycles. The molecule has 2 aliphatic rings. The Morgan fingerprint density at radius 2 is 1.80 bits per heavy atom. The van der Waals surface area contributed by atoms with Crippen molar-refractivity contribution >= 4 is 33.4 Å². The summed E-state index contributed by atoms with van der Waals surface area (Å²) in [5, 5.41) is 0. The highest BCUT2D eigenvalue weighted by Crippen LogP contribution is 2.46. The Kier molecular flexibility index (Phi) is 3.44. The van der Waals surface area contributed by atoms with Crippen LogP contribution in [0.4, 0.5) is 5.69 Å². The highest BCUT2D eigenvalue weighted by Gasteiger charge is 2.52. The van der Waals surface area contributed by atoms with E-state index in [2.05, 4.69) is 22.9 Å². The highest BCUT2D eigenvalue weighted by atomic mass is 79.9. The third-order valence-corrected chi connectivity index (χ3v) is 5.21. The van der Waals surface area contributed by atoms with Crippen LogP contribution >= 0.6 is 15.9 Å². The molecule has 2 atom stereocenters. The van der Waals surface area contributed by atoms with E-state index in [0.29, 0.717) is 5.92 Å². The number of fused-ring (bicyclic) bond motifs is 1. The van der Waals surface area contributed by atoms with Crippen molar-refractivity contribution in [3.8, 4) is 0 Å². The molecule has 1 saturated carbocycles. The van der Waals surface area contributed by atoms with Gasteiger partial charge < -0.3 is 0 Å². The van der Waals surface area contributed by atoms with Gasteiger partial charge in [0.25, 0.3) is 0 Å². The minimum absolute atomic E-state index is 0.00127. The summed E-state index contributed by atoms with van der Waals surface area (Å²) < 4.78 is 0.962. The van der Waals surface area contributed by atoms with Crippen LogP contribution in [0.25, 0.3) is 0 Å². The van der Waals surface area contributed by atoms with E-state index in [1.165, 1.54) is 4.90 Å². The molecule has 2 fully saturated rings. The summed E-state index contributed by atoms with van der Waals surface area (Å²) in [6.45, 7) is 4.07. The minimum atomic E-state index is -0.0875. The lowest BCUT2D eigenvalue weighted by molar-refractivity contribution is -0.123. The summed E-state index contributed by atoms with van der Waals surface area (Å²) in [6.07, 6.45) is 2.81. The van der Waals surface area contributed by atoms with Gasteiger partial charge in [0.2, 0.25) is 11.8 Å². The maximum atomic E-state index is 12.6. The molecule has 20 heavy (non-hydrogen) atoms. The number of hydrogen-bond donors (Lipinski definition) is 0. The van der Waals surface area contributed by atoms with Gasteiger partial charge in [0, 0.05) is 4.47 Å². The molecule has 1 aromatic rings. The van der Waals surface area contributed by atoms with Crippen LogP contribution in [-0.4, -0.2) is 11.8 Å². The molecule has 0 aromatic heterocycles. The average Bonchev–Trinajstić information content (AvgIpc) is 2.93. The number of imide groups is 1. The van der Waals surface area contributed by atoms with Crippen molar-refractivity contribution in [1.29, 1.82) is 0 Å². The fourth-order valence-electron chi connectivity index (χ4n) is 3.57. The van der Waals surface area contributed by atoms with Crippen LogP contribution in [0.2, 0.25) is 0 Å². The Hall–Kier alpha value is -1.16. The SMILES string of the molecule is CCC1CC2C(=O)N(c3ccc(Br)cc3C)C(=O)C2C1. The van der Waals surface area contributed by atoms with Crippen LogP contribution in [0.1, 0.15) is 31.7 Å². The Labute approximate surface area is 127 Å². The molecule has 1 heterocycles. The van der Waals surface area contributed by atoms with Crippen LogP contribution in [-0.2, 0) is 9.59 Å². The van der Waals surface area contributed by atoms with Gasteiger partial charge in [-0.25, -0.2) is 4.90 Å². The van der Waals surface area contributed by atoms with Crippen LogP contribution in [0.3, 0.4) is 0 Å². The third kappa shape index (κ3) is 2.01. The summed E-state index contributed by atoms with van der Waals surface area (Å²) in [5.41, 5.74) is 1.69. The first-order valence-corrected chi connectivity index (χ1v) is 7.96. The van der Waals surface area contributed by atoms with E-state index >= 15 is 0 Å². The Balaban J connectivity index is 1.94. The lowest BCUT2D eigenvalue weighted by Crippen LogP contribution is -2.32. The molecular formula is C16H18BrNO2. The molecule has 0 N–H and O–H groups in total. The summed E-state index contributed by atoms with van der Waals surface area (Å²) in [6, 6.07) is 5.68. The normalized spacial score (nSPS) is 29.1. The maximum absolute atomic E-state index is 12.6. The lowest BCUT2D eigenvalue weighted by Gasteiger charge is -2.19. The number of carbonyl (C=O) groups excluding carboxylic acids is 2. The van der Waals surface area contributed by atoms with Crippen molar-refractivity contribution in [2.45, 2.75) is 33.1 Å². The third-order valence-electron chi connectivity index (χ3n) is 4.71. The number of aryl methyl sites for hydroxylation is 1. The first kappa shape index (κ1) is 13.8. The van der Waals surface area contributed by atoms with Gasteiger partial charge in [0.05, 0.1) is 17.5 Å². The molecule has 3 rings (SSSR count). The zero-order chi connectivity index (χ0) is 14.4. The molecule has 4 heteroatoms. The van der Waals surface area contributed by atoms with Gasteiger partial charge in [0.15, 0.2) is 0 Å². The molecule has 0 radical (unpaired) electrons. The molecule has 1 aromatic carbocycles. The number of nitrogens with zero attached hydrogens (tertiary/aromatic N) is 1. The quantitative estimate of drug-likeness (QED) is 0.773. The summed E-state index contributed by atoms with van der Waals surface area (Å²) in [4.78, 5) is 26.6. The van der Waals surface area contributed by atoms with Crippen molar-refractivity contribution in [1.82, 2.24) is 0 Å². The lowest BCUT2D eigenvalue weighted by atomic mass is 10.00. The van der Waals surface area contributed by atoms with E-state index in [0.717, 1.165) is 35.0 Å². The predicted octanol–water partition coefficient (Wildman–Crippen LogP) is 3.68. The van der Waals surface area contributed by atoms with Crippen molar-refractivity contribution in [2.24, 2.45) is 17.8 Å². The maximum Gasteiger partial charge on any atom is 0.237 e. The van der Waals surface area contributed by atoms with Crippen LogP contribution in [0, 0.1) is 24.7 Å². The number of rotatable bonds is 2. The summed E-state index contributed by atoms with van der Waals surface area (Å²) in [5.74, 6) is 0.361. The van der Waals surface area contributed by atoms with Crippen molar-refractivity contribution in [2.75, 3.05) is 4.90 Å². The van der Waals surface area contributed by atoms with Gasteiger partial charge in [-0.15, -0.1) is 0 Å². The second-order valence-electron chi connectivity index (χ2n) is 5.90. The van der Waals surface area contributed by atoms with Gasteiger partial charge in [0.1, 0.15) is 0 Å². The fraction of sp³-hybridized carbons (Fsp3) is 0.500. The molecule has 1 aliphatic carbocycles. The van der Waals surface area contributed by atoms with Crippen LogP contribution in [0.15, 0.2) is 22.7 Å². The average molecular weight is 336 g/mol. The number of carbonyl (C=O) groups is 2. The van der Waals surface area contributed by atoms with E-state index in [-0.39, 0.29) is 23.7 Å². The highest BCUT2D eigenvalue weighted by molar-refractivity contribution is 9.10. The van der Waals surface area contributed by atoms with E-state index in [9.17, 15) is 9.59 Å². The molecule has 1 saturated heterocycles. The molecule has 106 valence electrons. The summed E-state index contributed by atoms with van der Waals surface area (Å²) in [7, 11) is 0. The predicted molar refractivity (Wildman–Crippen MR) is 81.4 cm³/mol. The number of halogens is 1. The standard InChI is InChI=1S/C16H18BrNO2/c1-3-10-7-12-13(8-10)16(20)18(15(12)19)14-5-4-11(17)6-9(14)2/h4-6,10,12-13H,3,7-8H2,1-2H3. The Bertz CT molecular complexity index is 560. The molecule has 0 spiro atoms. The van der Waals surface area contributed by atoms with Crippen molar-refractivity contribution in [3.05, 3.63) is 28.2 Å². The number of hydrogen-bond acceptors (Lipinski definition) is 2. The monoisotopic (exact) mass is 335 g/mol. The Morgan fingerprint density at radius 1 is 1.20 bits per heavy atom. The molecule has 2 unspecified atom stereocenters. The molecule has 3 nitrogen and oxygen atoms in total. The minimum Gasteiger partial charge on any atom is -0.274 e. The van der Waals surface area contributed by atoms with Gasteiger partial charge in [-0.1, -0.05) is 29.3 Å². The van der Waals surface area contributed by atoms with Crippen LogP contribution in [0.5, 0.6) is 0 Å². The molecule has 0 bridgehead atoms. The van der Waals surface area contributed by atoms with Crippen molar-refractivity contribution in [3.63, 3.8) is 0 Å². The molecular weight excluding hydrogens is 318 g/mol. The zero-order valence-electron chi connectivity index (χ0n) is 11.7. The van der Waals surface area contributed by atoms with E-state index in [1.54, 1.807) is 0 Å². The van der Waals surface area contributed by atoms with Gasteiger partial charge >= 0.3 is 0 Å².